The van der Waals surface area contributed by atoms with Gasteiger partial charge in [-0.25, -0.2) is 9.37 Å². The molecule has 0 atom stereocenters. The van der Waals surface area contributed by atoms with Crippen LogP contribution in [0.3, 0.4) is 0 Å². The second-order valence-corrected chi connectivity index (χ2v) is 7.10. The zero-order valence-electron chi connectivity index (χ0n) is 13.5. The van der Waals surface area contributed by atoms with E-state index in [0.717, 1.165) is 43.2 Å². The number of nitrogens with one attached hydrogen (secondary N) is 1. The van der Waals surface area contributed by atoms with Crippen molar-refractivity contribution in [2.45, 2.75) is 26.3 Å². The molecule has 5 nitrogen and oxygen atoms in total. The van der Waals surface area contributed by atoms with Gasteiger partial charge in [0.2, 0.25) is 5.91 Å². The van der Waals surface area contributed by atoms with Crippen molar-refractivity contribution in [2.24, 2.45) is 5.92 Å². The van der Waals surface area contributed by atoms with E-state index >= 15 is 0 Å². The van der Waals surface area contributed by atoms with E-state index in [4.69, 9.17) is 0 Å². The number of phenolic OH excluding ortho intramolecular Hbond substituents is 1. The highest BCUT2D eigenvalue weighted by molar-refractivity contribution is 7.09. The van der Waals surface area contributed by atoms with Gasteiger partial charge in [-0.05, 0) is 45.0 Å². The SMILES string of the molecule is Cc1nc(CN2CCC(C(=O)Nc3cccc(O)c3F)CC2)cs1. The number of amides is 1. The fourth-order valence-electron chi connectivity index (χ4n) is 2.91. The summed E-state index contributed by atoms with van der Waals surface area (Å²) < 4.78 is 13.8. The van der Waals surface area contributed by atoms with Gasteiger partial charge < -0.3 is 10.4 Å². The number of thiazole rings is 1. The fourth-order valence-corrected chi connectivity index (χ4v) is 3.52. The second kappa shape index (κ2) is 7.27. The standard InChI is InChI=1S/C17H20FN3O2S/c1-11-19-13(10-24-11)9-21-7-5-12(6-8-21)17(23)20-14-3-2-4-15(22)16(14)18/h2-4,10,12,22H,5-9H2,1H3,(H,20,23). The largest absolute Gasteiger partial charge is 0.505 e. The molecule has 2 heterocycles. The molecule has 2 N–H and O–H groups in total. The van der Waals surface area contributed by atoms with E-state index < -0.39 is 11.6 Å². The van der Waals surface area contributed by atoms with Crippen molar-refractivity contribution in [3.63, 3.8) is 0 Å². The Bertz CT molecular complexity index is 726. The first-order valence-corrected chi connectivity index (χ1v) is 8.82. The van der Waals surface area contributed by atoms with Gasteiger partial charge in [-0.3, -0.25) is 9.69 Å². The molecular formula is C17H20FN3O2S. The molecule has 0 unspecified atom stereocenters. The van der Waals surface area contributed by atoms with Gasteiger partial charge in [0, 0.05) is 17.8 Å². The monoisotopic (exact) mass is 349 g/mol. The normalized spacial score (nSPS) is 16.2. The lowest BCUT2D eigenvalue weighted by Crippen LogP contribution is -2.37. The molecule has 7 heteroatoms. The lowest BCUT2D eigenvalue weighted by Gasteiger charge is -2.30. The number of rotatable bonds is 4. The number of aromatic hydroxyl groups is 1. The smallest absolute Gasteiger partial charge is 0.227 e. The number of anilines is 1. The Hall–Kier alpha value is -1.99. The number of carbonyl (C=O) groups excluding carboxylic acids is 1. The summed E-state index contributed by atoms with van der Waals surface area (Å²) in [5.41, 5.74) is 1.10. The quantitative estimate of drug-likeness (QED) is 0.890. The predicted molar refractivity (Wildman–Crippen MR) is 91.5 cm³/mol. The molecule has 1 saturated heterocycles. The predicted octanol–water partition coefficient (Wildman–Crippen LogP) is 3.15. The third-order valence-corrected chi connectivity index (χ3v) is 5.07. The number of benzene rings is 1. The van der Waals surface area contributed by atoms with E-state index in [1.54, 1.807) is 11.3 Å². The molecule has 2 aromatic rings. The fraction of sp³-hybridized carbons (Fsp3) is 0.412. The van der Waals surface area contributed by atoms with E-state index in [1.165, 1.54) is 18.2 Å². The Morgan fingerprint density at radius 2 is 2.21 bits per heavy atom. The van der Waals surface area contributed by atoms with E-state index in [9.17, 15) is 14.3 Å². The molecule has 1 aromatic heterocycles. The minimum absolute atomic E-state index is 0.0281. The maximum absolute atomic E-state index is 13.8. The van der Waals surface area contributed by atoms with Crippen LogP contribution in [0.1, 0.15) is 23.5 Å². The van der Waals surface area contributed by atoms with Crippen molar-refractivity contribution < 1.29 is 14.3 Å². The molecule has 128 valence electrons. The Morgan fingerprint density at radius 1 is 1.46 bits per heavy atom. The van der Waals surface area contributed by atoms with Gasteiger partial charge in [0.05, 0.1) is 16.4 Å². The molecule has 0 saturated carbocycles. The number of hydrogen-bond donors (Lipinski definition) is 2. The Kier molecular flexibility index (Phi) is 5.11. The minimum Gasteiger partial charge on any atom is -0.505 e. The first-order chi connectivity index (χ1) is 11.5. The number of piperidine rings is 1. The van der Waals surface area contributed by atoms with Gasteiger partial charge in [0.25, 0.3) is 0 Å². The van der Waals surface area contributed by atoms with Crippen LogP contribution in [0.2, 0.25) is 0 Å². The summed E-state index contributed by atoms with van der Waals surface area (Å²) in [5, 5.41) is 15.1. The van der Waals surface area contributed by atoms with Crippen LogP contribution in [-0.2, 0) is 11.3 Å². The van der Waals surface area contributed by atoms with Gasteiger partial charge in [0.1, 0.15) is 0 Å². The van der Waals surface area contributed by atoms with Crippen LogP contribution in [-0.4, -0.2) is 34.0 Å². The maximum atomic E-state index is 13.8. The minimum atomic E-state index is -0.790. The van der Waals surface area contributed by atoms with Crippen LogP contribution in [0.15, 0.2) is 23.6 Å². The Morgan fingerprint density at radius 3 is 2.88 bits per heavy atom. The summed E-state index contributed by atoms with van der Waals surface area (Å²) in [6, 6.07) is 4.21. The topological polar surface area (TPSA) is 65.5 Å². The summed E-state index contributed by atoms with van der Waals surface area (Å²) in [5.74, 6) is -1.58. The lowest BCUT2D eigenvalue weighted by molar-refractivity contribution is -0.121. The van der Waals surface area contributed by atoms with Crippen LogP contribution < -0.4 is 5.32 Å². The van der Waals surface area contributed by atoms with Gasteiger partial charge in [-0.2, -0.15) is 0 Å². The Labute approximate surface area is 144 Å². The van der Waals surface area contributed by atoms with E-state index in [2.05, 4.69) is 20.6 Å². The number of hydrogen-bond acceptors (Lipinski definition) is 5. The first-order valence-electron chi connectivity index (χ1n) is 7.94. The number of halogens is 1. The zero-order chi connectivity index (χ0) is 17.1. The molecule has 1 aromatic carbocycles. The van der Waals surface area contributed by atoms with E-state index in [-0.39, 0.29) is 17.5 Å². The zero-order valence-corrected chi connectivity index (χ0v) is 14.3. The number of carbonyl (C=O) groups is 1. The molecule has 1 aliphatic rings. The maximum Gasteiger partial charge on any atom is 0.227 e. The lowest BCUT2D eigenvalue weighted by atomic mass is 9.95. The Balaban J connectivity index is 1.52. The van der Waals surface area contributed by atoms with Crippen molar-refractivity contribution in [2.75, 3.05) is 18.4 Å². The number of aryl methyl sites for hydroxylation is 1. The molecule has 1 aliphatic heterocycles. The van der Waals surface area contributed by atoms with Gasteiger partial charge in [-0.1, -0.05) is 6.07 Å². The van der Waals surface area contributed by atoms with Gasteiger partial charge in [-0.15, -0.1) is 11.3 Å². The average Bonchev–Trinajstić information content (AvgIpc) is 2.97. The third-order valence-electron chi connectivity index (χ3n) is 4.25. The van der Waals surface area contributed by atoms with Crippen LogP contribution in [0, 0.1) is 18.7 Å². The highest BCUT2D eigenvalue weighted by Crippen LogP contribution is 2.25. The molecule has 1 amide bonds. The summed E-state index contributed by atoms with van der Waals surface area (Å²) in [6.45, 7) is 4.43. The molecule has 0 radical (unpaired) electrons. The highest BCUT2D eigenvalue weighted by atomic mass is 32.1. The molecule has 0 spiro atoms. The van der Waals surface area contributed by atoms with Crippen LogP contribution in [0.5, 0.6) is 5.75 Å². The summed E-state index contributed by atoms with van der Waals surface area (Å²) in [7, 11) is 0. The number of likely N-dealkylation sites (tertiary alicyclic amines) is 1. The summed E-state index contributed by atoms with van der Waals surface area (Å²) in [6.07, 6.45) is 1.46. The van der Waals surface area contributed by atoms with Crippen molar-refractivity contribution in [3.8, 4) is 5.75 Å². The van der Waals surface area contributed by atoms with Crippen molar-refractivity contribution in [1.82, 2.24) is 9.88 Å². The number of aromatic nitrogens is 1. The van der Waals surface area contributed by atoms with Crippen molar-refractivity contribution >= 4 is 22.9 Å². The van der Waals surface area contributed by atoms with Crippen LogP contribution in [0.4, 0.5) is 10.1 Å². The van der Waals surface area contributed by atoms with Gasteiger partial charge in [0.15, 0.2) is 11.6 Å². The van der Waals surface area contributed by atoms with E-state index in [0.29, 0.717) is 0 Å². The summed E-state index contributed by atoms with van der Waals surface area (Å²) in [4.78, 5) is 19.1. The summed E-state index contributed by atoms with van der Waals surface area (Å²) >= 11 is 1.64. The molecule has 1 fully saturated rings. The average molecular weight is 349 g/mol. The number of nitrogens with zero attached hydrogens (tertiary/aromatic N) is 2. The van der Waals surface area contributed by atoms with Crippen LogP contribution in [0.25, 0.3) is 0 Å². The molecular weight excluding hydrogens is 329 g/mol. The highest BCUT2D eigenvalue weighted by Gasteiger charge is 2.26. The molecule has 24 heavy (non-hydrogen) atoms. The van der Waals surface area contributed by atoms with Gasteiger partial charge >= 0.3 is 0 Å². The second-order valence-electron chi connectivity index (χ2n) is 6.04. The molecule has 0 bridgehead atoms. The van der Waals surface area contributed by atoms with Crippen molar-refractivity contribution in [1.29, 1.82) is 0 Å². The molecule has 3 rings (SSSR count). The molecule has 0 aliphatic carbocycles. The third kappa shape index (κ3) is 3.91. The number of phenols is 1. The van der Waals surface area contributed by atoms with Crippen LogP contribution >= 0.6 is 11.3 Å². The first kappa shape index (κ1) is 16.9. The van der Waals surface area contributed by atoms with E-state index in [1.807, 2.05) is 6.92 Å². The van der Waals surface area contributed by atoms with Crippen molar-refractivity contribution in [3.05, 3.63) is 40.1 Å².